The zero-order chi connectivity index (χ0) is 12.6. The highest BCUT2D eigenvalue weighted by Crippen LogP contribution is 2.23. The molecule has 2 N–H and O–H groups in total. The van der Waals surface area contributed by atoms with E-state index in [1.165, 1.54) is 0 Å². The van der Waals surface area contributed by atoms with Crippen LogP contribution in [0.15, 0.2) is 0 Å². The molecule has 0 radical (unpaired) electrons. The lowest BCUT2D eigenvalue weighted by molar-refractivity contribution is 0.0572. The van der Waals surface area contributed by atoms with Gasteiger partial charge in [-0.05, 0) is 13.8 Å². The molecule has 2 rings (SSSR count). The van der Waals surface area contributed by atoms with Gasteiger partial charge in [-0.25, -0.2) is 0 Å². The summed E-state index contributed by atoms with van der Waals surface area (Å²) in [6.45, 7) is 6.23. The predicted octanol–water partition coefficient (Wildman–Crippen LogP) is 0.402. The number of rotatable bonds is 3. The van der Waals surface area contributed by atoms with Crippen LogP contribution in [0.5, 0.6) is 0 Å². The molecule has 1 aromatic rings. The number of halogens is 1. The van der Waals surface area contributed by atoms with Gasteiger partial charge in [0.05, 0.1) is 28.6 Å². The van der Waals surface area contributed by atoms with Crippen molar-refractivity contribution in [2.75, 3.05) is 13.1 Å². The van der Waals surface area contributed by atoms with Crippen LogP contribution in [0.2, 0.25) is 5.02 Å². The van der Waals surface area contributed by atoms with Gasteiger partial charge in [-0.2, -0.15) is 5.10 Å². The molecule has 0 aliphatic carbocycles. The number of aliphatic hydroxyl groups is 2. The van der Waals surface area contributed by atoms with Crippen molar-refractivity contribution in [2.45, 2.75) is 39.1 Å². The number of aryl methyl sites for hydroxylation is 2. The monoisotopic (exact) mass is 259 g/mol. The van der Waals surface area contributed by atoms with E-state index in [1.807, 2.05) is 23.4 Å². The zero-order valence-corrected chi connectivity index (χ0v) is 10.9. The Labute approximate surface area is 106 Å². The van der Waals surface area contributed by atoms with Gasteiger partial charge in [0.2, 0.25) is 0 Å². The Balaban J connectivity index is 2.13. The van der Waals surface area contributed by atoms with Crippen LogP contribution in [0, 0.1) is 6.92 Å². The van der Waals surface area contributed by atoms with E-state index < -0.39 is 12.2 Å². The van der Waals surface area contributed by atoms with Gasteiger partial charge < -0.3 is 10.2 Å². The van der Waals surface area contributed by atoms with E-state index in [4.69, 9.17) is 11.6 Å². The van der Waals surface area contributed by atoms with Crippen molar-refractivity contribution in [2.24, 2.45) is 0 Å². The first kappa shape index (κ1) is 12.8. The molecular weight excluding hydrogens is 242 g/mol. The van der Waals surface area contributed by atoms with Gasteiger partial charge >= 0.3 is 0 Å². The maximum absolute atomic E-state index is 9.50. The summed E-state index contributed by atoms with van der Waals surface area (Å²) in [6.07, 6.45) is -1.32. The fourth-order valence-electron chi connectivity index (χ4n) is 2.21. The van der Waals surface area contributed by atoms with E-state index >= 15 is 0 Å². The summed E-state index contributed by atoms with van der Waals surface area (Å²) in [5.74, 6) is 0. The van der Waals surface area contributed by atoms with Crippen molar-refractivity contribution in [1.29, 1.82) is 0 Å². The SMILES string of the molecule is CCn1nc(C)c(Cl)c1CN1CC(O)C(O)C1. The Bertz CT molecular complexity index is 398. The van der Waals surface area contributed by atoms with Crippen molar-refractivity contribution in [1.82, 2.24) is 14.7 Å². The second-order valence-electron chi connectivity index (χ2n) is 4.49. The van der Waals surface area contributed by atoms with Gasteiger partial charge in [0, 0.05) is 26.2 Å². The predicted molar refractivity (Wildman–Crippen MR) is 64.9 cm³/mol. The maximum Gasteiger partial charge on any atom is 0.0938 e. The molecule has 2 atom stereocenters. The van der Waals surface area contributed by atoms with Crippen LogP contribution in [0.25, 0.3) is 0 Å². The van der Waals surface area contributed by atoms with Crippen LogP contribution in [-0.4, -0.2) is 50.2 Å². The first-order valence-corrected chi connectivity index (χ1v) is 6.21. The lowest BCUT2D eigenvalue weighted by Gasteiger charge is -2.15. The molecule has 0 amide bonds. The topological polar surface area (TPSA) is 61.5 Å². The van der Waals surface area contributed by atoms with Crippen LogP contribution in [0.1, 0.15) is 18.3 Å². The minimum absolute atomic E-state index is 0.478. The number of aromatic nitrogens is 2. The fraction of sp³-hybridized carbons (Fsp3) is 0.727. The van der Waals surface area contributed by atoms with Crippen molar-refractivity contribution in [3.05, 3.63) is 16.4 Å². The number of β-amino-alcohol motifs (C(OH)–C–C–N with tert-alkyl or cyclic N) is 2. The molecule has 0 aromatic carbocycles. The van der Waals surface area contributed by atoms with Crippen molar-refractivity contribution < 1.29 is 10.2 Å². The van der Waals surface area contributed by atoms with E-state index in [0.29, 0.717) is 24.7 Å². The number of likely N-dealkylation sites (tertiary alicyclic amines) is 1. The molecule has 1 aliphatic heterocycles. The summed E-state index contributed by atoms with van der Waals surface area (Å²) < 4.78 is 1.87. The molecular formula is C11H18ClN3O2. The van der Waals surface area contributed by atoms with Gasteiger partial charge in [0.1, 0.15) is 0 Å². The molecule has 1 aliphatic rings. The van der Waals surface area contributed by atoms with Crippen molar-refractivity contribution in [3.8, 4) is 0 Å². The average molecular weight is 260 g/mol. The fourth-order valence-corrected chi connectivity index (χ4v) is 2.40. The minimum Gasteiger partial charge on any atom is -0.389 e. The molecule has 6 heteroatoms. The number of aliphatic hydroxyl groups excluding tert-OH is 2. The molecule has 17 heavy (non-hydrogen) atoms. The van der Waals surface area contributed by atoms with Gasteiger partial charge in [-0.15, -0.1) is 0 Å². The molecule has 5 nitrogen and oxygen atoms in total. The normalized spacial score (nSPS) is 25.7. The van der Waals surface area contributed by atoms with Gasteiger partial charge in [0.25, 0.3) is 0 Å². The van der Waals surface area contributed by atoms with Crippen LogP contribution in [0.4, 0.5) is 0 Å². The van der Waals surface area contributed by atoms with E-state index in [1.54, 1.807) is 0 Å². The summed E-state index contributed by atoms with van der Waals surface area (Å²) in [5, 5.41) is 24.0. The second kappa shape index (κ2) is 4.94. The third-order valence-electron chi connectivity index (χ3n) is 3.16. The Hall–Kier alpha value is -0.620. The zero-order valence-electron chi connectivity index (χ0n) is 10.1. The largest absolute Gasteiger partial charge is 0.389 e. The van der Waals surface area contributed by atoms with Crippen molar-refractivity contribution in [3.63, 3.8) is 0 Å². The highest BCUT2D eigenvalue weighted by molar-refractivity contribution is 6.31. The standard InChI is InChI=1S/C11H18ClN3O2/c1-3-15-8(11(12)7(2)13-15)4-14-5-9(16)10(17)6-14/h9-10,16-17H,3-6H2,1-2H3. The molecule has 1 aromatic heterocycles. The second-order valence-corrected chi connectivity index (χ2v) is 4.87. The lowest BCUT2D eigenvalue weighted by Crippen LogP contribution is -2.23. The van der Waals surface area contributed by atoms with Crippen LogP contribution in [-0.2, 0) is 13.1 Å². The molecule has 0 spiro atoms. The van der Waals surface area contributed by atoms with Gasteiger partial charge in [0.15, 0.2) is 0 Å². The smallest absolute Gasteiger partial charge is 0.0938 e. The third kappa shape index (κ3) is 2.47. The summed E-state index contributed by atoms with van der Waals surface area (Å²) in [6, 6.07) is 0. The Kier molecular flexibility index (Phi) is 3.73. The van der Waals surface area contributed by atoms with E-state index in [-0.39, 0.29) is 0 Å². The summed E-state index contributed by atoms with van der Waals surface area (Å²) in [4.78, 5) is 1.99. The maximum atomic E-state index is 9.50. The molecule has 1 saturated heterocycles. The highest BCUT2D eigenvalue weighted by Gasteiger charge is 2.30. The molecule has 1 fully saturated rings. The Morgan fingerprint density at radius 1 is 1.35 bits per heavy atom. The van der Waals surface area contributed by atoms with E-state index in [0.717, 1.165) is 17.9 Å². The van der Waals surface area contributed by atoms with Gasteiger partial charge in [-0.3, -0.25) is 9.58 Å². The van der Waals surface area contributed by atoms with Crippen molar-refractivity contribution >= 4 is 11.6 Å². The highest BCUT2D eigenvalue weighted by atomic mass is 35.5. The van der Waals surface area contributed by atoms with E-state index in [9.17, 15) is 10.2 Å². The van der Waals surface area contributed by atoms with E-state index in [2.05, 4.69) is 5.10 Å². The van der Waals surface area contributed by atoms with Gasteiger partial charge in [-0.1, -0.05) is 11.6 Å². The summed E-state index contributed by atoms with van der Waals surface area (Å²) >= 11 is 6.21. The molecule has 0 bridgehead atoms. The lowest BCUT2D eigenvalue weighted by atomic mass is 10.3. The Morgan fingerprint density at radius 2 is 1.94 bits per heavy atom. The van der Waals surface area contributed by atoms with Crippen LogP contribution < -0.4 is 0 Å². The molecule has 96 valence electrons. The number of nitrogens with zero attached hydrogens (tertiary/aromatic N) is 3. The summed E-state index contributed by atoms with van der Waals surface area (Å²) in [5.41, 5.74) is 1.77. The first-order valence-electron chi connectivity index (χ1n) is 5.83. The number of hydrogen-bond acceptors (Lipinski definition) is 4. The molecule has 0 saturated carbocycles. The summed E-state index contributed by atoms with van der Waals surface area (Å²) in [7, 11) is 0. The molecule has 2 heterocycles. The molecule has 2 unspecified atom stereocenters. The number of hydrogen-bond donors (Lipinski definition) is 2. The average Bonchev–Trinajstić information content (AvgIpc) is 2.74. The first-order chi connectivity index (χ1) is 8.02. The minimum atomic E-state index is -0.659. The third-order valence-corrected chi connectivity index (χ3v) is 3.65. The quantitative estimate of drug-likeness (QED) is 0.825. The van der Waals surface area contributed by atoms with Crippen LogP contribution >= 0.6 is 11.6 Å². The van der Waals surface area contributed by atoms with Crippen LogP contribution in [0.3, 0.4) is 0 Å². The Morgan fingerprint density at radius 3 is 2.47 bits per heavy atom.